The summed E-state index contributed by atoms with van der Waals surface area (Å²) in [7, 11) is -10.1. The summed E-state index contributed by atoms with van der Waals surface area (Å²) in [4.78, 5) is 59.9. The topological polar surface area (TPSA) is 201 Å². The molecule has 0 fully saturated rings. The highest BCUT2D eigenvalue weighted by molar-refractivity contribution is 7.47. The lowest BCUT2D eigenvalue weighted by Crippen LogP contribution is -2.45. The average molecular weight is 518 g/mol. The molecule has 34 heavy (non-hydrogen) atoms. The quantitative estimate of drug-likeness (QED) is 0.236. The number of nitrogens with one attached hydrogen (secondary N) is 2. The number of alkyl carbamates (subject to hydrolysis) is 1. The second-order valence-electron chi connectivity index (χ2n) is 6.91. The Hall–Kier alpha value is -2.92. The molecule has 1 atom stereocenters. The van der Waals surface area contributed by atoms with Crippen molar-refractivity contribution in [3.63, 3.8) is 0 Å². The van der Waals surface area contributed by atoms with Crippen molar-refractivity contribution in [2.75, 3.05) is 6.54 Å². The van der Waals surface area contributed by atoms with Crippen molar-refractivity contribution in [3.05, 3.63) is 59.7 Å². The Balaban J connectivity index is 1.87. The number of rotatable bonds is 11. The van der Waals surface area contributed by atoms with Crippen LogP contribution in [-0.2, 0) is 31.7 Å². The number of phosphoric acid groups is 2. The van der Waals surface area contributed by atoms with Crippen LogP contribution in [0, 0.1) is 0 Å². The van der Waals surface area contributed by atoms with Gasteiger partial charge >= 0.3 is 21.7 Å². The van der Waals surface area contributed by atoms with Crippen molar-refractivity contribution in [1.29, 1.82) is 0 Å². The van der Waals surface area contributed by atoms with Gasteiger partial charge in [-0.15, -0.1) is 0 Å². The predicted octanol–water partition coefficient (Wildman–Crippen LogP) is 1.60. The van der Waals surface area contributed by atoms with Crippen LogP contribution in [0.15, 0.2) is 48.5 Å². The first-order valence-corrected chi connectivity index (χ1v) is 12.8. The zero-order valence-electron chi connectivity index (χ0n) is 17.9. The fourth-order valence-electron chi connectivity index (χ4n) is 2.60. The normalized spacial score (nSPS) is 12.4. The highest BCUT2D eigenvalue weighted by Crippen LogP contribution is 2.47. The molecule has 0 spiro atoms. The van der Waals surface area contributed by atoms with Crippen LogP contribution in [0.5, 0.6) is 11.5 Å². The van der Waals surface area contributed by atoms with Gasteiger partial charge in [0.15, 0.2) is 11.5 Å². The van der Waals surface area contributed by atoms with Crippen LogP contribution in [0.3, 0.4) is 0 Å². The molecule has 2 amide bonds. The molecule has 6 N–H and O–H groups in total. The Morgan fingerprint density at radius 1 is 0.912 bits per heavy atom. The van der Waals surface area contributed by atoms with E-state index < -0.39 is 45.2 Å². The van der Waals surface area contributed by atoms with Gasteiger partial charge in [-0.1, -0.05) is 36.4 Å². The van der Waals surface area contributed by atoms with Crippen molar-refractivity contribution < 1.29 is 52.1 Å². The molecule has 15 heteroatoms. The smallest absolute Gasteiger partial charge is 0.445 e. The maximum absolute atomic E-state index is 12.2. The van der Waals surface area contributed by atoms with Gasteiger partial charge in [0.1, 0.15) is 12.6 Å². The molecule has 2 rings (SSSR count). The van der Waals surface area contributed by atoms with E-state index in [1.54, 1.807) is 24.3 Å². The molecule has 0 bridgehead atoms. The highest BCUT2D eigenvalue weighted by Gasteiger charge is 2.24. The third-order valence-electron chi connectivity index (χ3n) is 4.10. The summed E-state index contributed by atoms with van der Waals surface area (Å²) < 4.78 is 36.0. The molecule has 2 aromatic carbocycles. The summed E-state index contributed by atoms with van der Waals surface area (Å²) in [6.07, 6.45) is -0.615. The molecule has 0 aliphatic rings. The molecule has 0 heterocycles. The minimum absolute atomic E-state index is 0.0434. The maximum Gasteiger partial charge on any atom is 0.524 e. The van der Waals surface area contributed by atoms with E-state index in [1.807, 2.05) is 6.07 Å². The minimum Gasteiger partial charge on any atom is -0.445 e. The van der Waals surface area contributed by atoms with E-state index in [1.165, 1.54) is 13.0 Å². The zero-order valence-corrected chi connectivity index (χ0v) is 19.6. The van der Waals surface area contributed by atoms with Crippen LogP contribution in [0.25, 0.3) is 0 Å². The first kappa shape index (κ1) is 27.3. The number of carbonyl (C=O) groups excluding carboxylic acids is 2. The second-order valence-corrected chi connectivity index (χ2v) is 9.24. The number of hydrogen-bond donors (Lipinski definition) is 6. The van der Waals surface area contributed by atoms with Crippen LogP contribution in [0.2, 0.25) is 0 Å². The van der Waals surface area contributed by atoms with Gasteiger partial charge in [0.05, 0.1) is 0 Å². The molecule has 0 saturated heterocycles. The van der Waals surface area contributed by atoms with Gasteiger partial charge in [0.25, 0.3) is 0 Å². The van der Waals surface area contributed by atoms with E-state index in [0.29, 0.717) is 5.56 Å². The second kappa shape index (κ2) is 12.0. The first-order valence-electron chi connectivity index (χ1n) is 9.70. The minimum atomic E-state index is -5.05. The summed E-state index contributed by atoms with van der Waals surface area (Å²) in [5.41, 5.74) is 1.19. The number of benzene rings is 2. The van der Waals surface area contributed by atoms with Crippen molar-refractivity contribution in [2.24, 2.45) is 0 Å². The van der Waals surface area contributed by atoms with Crippen molar-refractivity contribution in [1.82, 2.24) is 10.6 Å². The van der Waals surface area contributed by atoms with E-state index >= 15 is 0 Å². The molecule has 0 aromatic heterocycles. The van der Waals surface area contributed by atoms with Gasteiger partial charge in [-0.3, -0.25) is 24.4 Å². The average Bonchev–Trinajstić information content (AvgIpc) is 2.72. The Morgan fingerprint density at radius 3 is 2.15 bits per heavy atom. The fraction of sp³-hybridized carbons (Fsp3) is 0.263. The summed E-state index contributed by atoms with van der Waals surface area (Å²) in [5.74, 6) is -1.67. The molecular formula is C19H24N2O11P2. The molecule has 0 aliphatic heterocycles. The van der Waals surface area contributed by atoms with Crippen LogP contribution < -0.4 is 19.7 Å². The highest BCUT2D eigenvalue weighted by atomic mass is 31.2. The molecule has 2 aromatic rings. The van der Waals surface area contributed by atoms with E-state index in [4.69, 9.17) is 24.3 Å². The Bertz CT molecular complexity index is 1080. The molecule has 0 radical (unpaired) electrons. The van der Waals surface area contributed by atoms with E-state index in [2.05, 4.69) is 19.7 Å². The zero-order chi connectivity index (χ0) is 25.4. The molecule has 13 nitrogen and oxygen atoms in total. The Kier molecular flexibility index (Phi) is 9.63. The van der Waals surface area contributed by atoms with Crippen LogP contribution in [-0.4, -0.2) is 44.2 Å². The van der Waals surface area contributed by atoms with Crippen molar-refractivity contribution in [3.8, 4) is 11.5 Å². The molecule has 0 unspecified atom stereocenters. The van der Waals surface area contributed by atoms with Crippen LogP contribution >= 0.6 is 15.6 Å². The number of hydrogen-bond acceptors (Lipinski definition) is 7. The van der Waals surface area contributed by atoms with E-state index in [-0.39, 0.29) is 19.6 Å². The van der Waals surface area contributed by atoms with Crippen LogP contribution in [0.4, 0.5) is 4.79 Å². The van der Waals surface area contributed by atoms with Crippen molar-refractivity contribution in [2.45, 2.75) is 26.0 Å². The maximum atomic E-state index is 12.2. The predicted molar refractivity (Wildman–Crippen MR) is 118 cm³/mol. The molecular weight excluding hydrogens is 494 g/mol. The van der Waals surface area contributed by atoms with Gasteiger partial charge in [-0.2, -0.15) is 0 Å². The van der Waals surface area contributed by atoms with Gasteiger partial charge in [0.2, 0.25) is 5.91 Å². The lowest BCUT2D eigenvalue weighted by atomic mass is 10.1. The monoisotopic (exact) mass is 518 g/mol. The fourth-order valence-corrected chi connectivity index (χ4v) is 3.41. The van der Waals surface area contributed by atoms with Crippen LogP contribution in [0.1, 0.15) is 18.1 Å². The van der Waals surface area contributed by atoms with Gasteiger partial charge in [-0.25, -0.2) is 13.9 Å². The number of ether oxygens (including phenoxy) is 1. The third-order valence-corrected chi connectivity index (χ3v) is 4.97. The standard InChI is InChI=1S/C19H24N2O11P2/c1-13(21-19(23)30-12-15-5-3-2-4-6-15)18(22)20-10-9-14-7-8-16(31-33(24,25)26)17(11-14)32-34(27,28)29/h2-8,11,13H,9-10,12H2,1H3,(H,20,22)(H,21,23)(H2,24,25,26)(H2,27,28,29)/t13-/m0/s1. The van der Waals surface area contributed by atoms with Gasteiger partial charge in [-0.05, 0) is 36.6 Å². The molecule has 0 aliphatic carbocycles. The Labute approximate surface area is 194 Å². The third kappa shape index (κ3) is 10.3. The number of amides is 2. The molecule has 0 saturated carbocycles. The first-order chi connectivity index (χ1) is 15.8. The summed E-state index contributed by atoms with van der Waals surface area (Å²) >= 11 is 0. The van der Waals surface area contributed by atoms with E-state index in [0.717, 1.165) is 17.7 Å². The lowest BCUT2D eigenvalue weighted by Gasteiger charge is -2.16. The SMILES string of the molecule is C[C@H](NC(=O)OCc1ccccc1)C(=O)NCCc1ccc(OP(=O)(O)O)c(OP(=O)(O)O)c1. The summed E-state index contributed by atoms with van der Waals surface area (Å²) in [5, 5.41) is 4.96. The van der Waals surface area contributed by atoms with Gasteiger partial charge in [0, 0.05) is 6.54 Å². The van der Waals surface area contributed by atoms with E-state index in [9.17, 15) is 18.7 Å². The lowest BCUT2D eigenvalue weighted by molar-refractivity contribution is -0.122. The largest absolute Gasteiger partial charge is 0.524 e. The van der Waals surface area contributed by atoms with Gasteiger partial charge < -0.3 is 24.4 Å². The molecule has 186 valence electrons. The summed E-state index contributed by atoms with van der Waals surface area (Å²) in [6.45, 7) is 1.57. The Morgan fingerprint density at radius 2 is 1.53 bits per heavy atom. The summed E-state index contributed by atoms with van der Waals surface area (Å²) in [6, 6.07) is 11.6. The number of phosphoric ester groups is 2. The van der Waals surface area contributed by atoms with Crippen molar-refractivity contribution >= 4 is 27.6 Å². The number of carbonyl (C=O) groups is 2.